The van der Waals surface area contributed by atoms with Crippen LogP contribution in [0.25, 0.3) is 16.5 Å². The molecular weight excluding hydrogens is 406 g/mol. The Morgan fingerprint density at radius 2 is 1.69 bits per heavy atom. The normalized spacial score (nSPS) is 13.6. The molecule has 0 fully saturated rings. The molecule has 4 aromatic rings. The van der Waals surface area contributed by atoms with Gasteiger partial charge >= 0.3 is 5.97 Å². The van der Waals surface area contributed by atoms with Crippen molar-refractivity contribution in [1.29, 1.82) is 0 Å². The molecule has 32 heavy (non-hydrogen) atoms. The van der Waals surface area contributed by atoms with Crippen LogP contribution in [0, 0.1) is 0 Å². The van der Waals surface area contributed by atoms with E-state index in [1.165, 1.54) is 12.1 Å². The fourth-order valence-corrected chi connectivity index (χ4v) is 3.56. The lowest BCUT2D eigenvalue weighted by atomic mass is 10.0. The van der Waals surface area contributed by atoms with Gasteiger partial charge in [0.1, 0.15) is 11.5 Å². The number of amides is 1. The van der Waals surface area contributed by atoms with E-state index in [4.69, 9.17) is 9.84 Å². The number of fused-ring (bicyclic) bond motifs is 3. The summed E-state index contributed by atoms with van der Waals surface area (Å²) in [7, 11) is 0. The number of pyridine rings is 1. The van der Waals surface area contributed by atoms with Crippen LogP contribution in [0.3, 0.4) is 0 Å². The average Bonchev–Trinajstić information content (AvgIpc) is 3.14. The molecule has 2 heterocycles. The third kappa shape index (κ3) is 3.63. The Balaban J connectivity index is 1.34. The number of benzene rings is 3. The second-order valence-corrected chi connectivity index (χ2v) is 7.17. The van der Waals surface area contributed by atoms with Crippen molar-refractivity contribution in [3.8, 4) is 11.5 Å². The minimum Gasteiger partial charge on any atom is -0.478 e. The van der Waals surface area contributed by atoms with Crippen LogP contribution >= 0.6 is 0 Å². The highest BCUT2D eigenvalue weighted by atomic mass is 16.5. The van der Waals surface area contributed by atoms with E-state index in [1.807, 2.05) is 36.4 Å². The summed E-state index contributed by atoms with van der Waals surface area (Å²) in [5, 5.41) is 15.9. The van der Waals surface area contributed by atoms with Crippen molar-refractivity contribution in [2.45, 2.75) is 0 Å². The summed E-state index contributed by atoms with van der Waals surface area (Å²) < 4.78 is 5.75. The fourth-order valence-electron chi connectivity index (χ4n) is 3.56. The molecule has 7 nitrogen and oxygen atoms in total. The smallest absolute Gasteiger partial charge is 0.335 e. The molecule has 5 rings (SSSR count). The summed E-state index contributed by atoms with van der Waals surface area (Å²) in [5.41, 5.74) is 3.94. The van der Waals surface area contributed by atoms with E-state index in [1.54, 1.807) is 36.7 Å². The molecule has 0 radical (unpaired) electrons. The van der Waals surface area contributed by atoms with Gasteiger partial charge in [-0.3, -0.25) is 9.78 Å². The van der Waals surface area contributed by atoms with Crippen LogP contribution in [-0.2, 0) is 4.79 Å². The van der Waals surface area contributed by atoms with Gasteiger partial charge in [-0.15, -0.1) is 0 Å². The van der Waals surface area contributed by atoms with Gasteiger partial charge in [-0.05, 0) is 66.7 Å². The molecule has 0 aliphatic carbocycles. The monoisotopic (exact) mass is 423 g/mol. The molecule has 7 heteroatoms. The number of carboxylic acid groups (broad SMARTS) is 1. The van der Waals surface area contributed by atoms with E-state index in [2.05, 4.69) is 15.6 Å². The predicted octanol–water partition coefficient (Wildman–Crippen LogP) is 5.13. The number of carboxylic acids is 1. The first kappa shape index (κ1) is 19.3. The molecule has 0 bridgehead atoms. The first-order valence-electron chi connectivity index (χ1n) is 9.86. The molecule has 1 aliphatic heterocycles. The Bertz CT molecular complexity index is 1380. The maximum Gasteiger partial charge on any atom is 0.335 e. The van der Waals surface area contributed by atoms with Gasteiger partial charge in [0.25, 0.3) is 5.91 Å². The van der Waals surface area contributed by atoms with E-state index < -0.39 is 5.97 Å². The van der Waals surface area contributed by atoms with Gasteiger partial charge in [-0.25, -0.2) is 4.79 Å². The Kier molecular flexibility index (Phi) is 4.76. The molecule has 156 valence electrons. The van der Waals surface area contributed by atoms with Crippen molar-refractivity contribution in [3.63, 3.8) is 0 Å². The predicted molar refractivity (Wildman–Crippen MR) is 122 cm³/mol. The van der Waals surface area contributed by atoms with Crippen LogP contribution in [-0.4, -0.2) is 22.0 Å². The van der Waals surface area contributed by atoms with Gasteiger partial charge in [0.05, 0.1) is 16.7 Å². The van der Waals surface area contributed by atoms with Crippen LogP contribution < -0.4 is 15.4 Å². The summed E-state index contributed by atoms with van der Waals surface area (Å²) in [6.45, 7) is 0. The van der Waals surface area contributed by atoms with Crippen LogP contribution in [0.5, 0.6) is 11.5 Å². The van der Waals surface area contributed by atoms with Crippen LogP contribution in [0.4, 0.5) is 11.4 Å². The highest BCUT2D eigenvalue weighted by Gasteiger charge is 2.26. The number of anilines is 2. The van der Waals surface area contributed by atoms with Crippen molar-refractivity contribution in [2.75, 3.05) is 10.6 Å². The summed E-state index contributed by atoms with van der Waals surface area (Å²) >= 11 is 0. The Hall–Kier alpha value is -4.65. The van der Waals surface area contributed by atoms with E-state index in [0.29, 0.717) is 17.1 Å². The molecule has 1 aromatic heterocycles. The summed E-state index contributed by atoms with van der Waals surface area (Å²) in [5.74, 6) is -0.0117. The number of carbonyl (C=O) groups is 2. The Morgan fingerprint density at radius 3 is 2.41 bits per heavy atom. The number of ether oxygens (including phenoxy) is 1. The Morgan fingerprint density at radius 1 is 0.969 bits per heavy atom. The van der Waals surface area contributed by atoms with Gasteiger partial charge < -0.3 is 20.5 Å². The van der Waals surface area contributed by atoms with E-state index in [9.17, 15) is 9.59 Å². The zero-order chi connectivity index (χ0) is 22.1. The molecule has 3 aromatic carbocycles. The van der Waals surface area contributed by atoms with E-state index in [-0.39, 0.29) is 11.5 Å². The standard InChI is InChI=1S/C25H17N3O4/c29-24-20(23-19-2-1-13-26-21(19)11-12-22(23)28-24)14-27-16-5-9-18(10-6-16)32-17-7-3-15(4-8-17)25(30)31/h1-14,27H,(H,28,29)(H,30,31). The number of aromatic carboxylic acids is 1. The average molecular weight is 423 g/mol. The van der Waals surface area contributed by atoms with Crippen molar-refractivity contribution < 1.29 is 19.4 Å². The molecule has 3 N–H and O–H groups in total. The van der Waals surface area contributed by atoms with Crippen LogP contribution in [0.2, 0.25) is 0 Å². The molecule has 0 atom stereocenters. The van der Waals surface area contributed by atoms with Crippen molar-refractivity contribution >= 4 is 39.7 Å². The quantitative estimate of drug-likeness (QED) is 0.385. The minimum atomic E-state index is -0.982. The maximum atomic E-state index is 12.5. The summed E-state index contributed by atoms with van der Waals surface area (Å²) in [6.07, 6.45) is 3.42. The summed E-state index contributed by atoms with van der Waals surface area (Å²) in [4.78, 5) is 27.8. The van der Waals surface area contributed by atoms with Crippen molar-refractivity contribution in [2.24, 2.45) is 0 Å². The van der Waals surface area contributed by atoms with Gasteiger partial charge in [0.15, 0.2) is 0 Å². The summed E-state index contributed by atoms with van der Waals surface area (Å²) in [6, 6.07) is 21.0. The van der Waals surface area contributed by atoms with E-state index in [0.717, 1.165) is 27.8 Å². The number of hydrogen-bond acceptors (Lipinski definition) is 5. The number of nitrogens with zero attached hydrogens (tertiary/aromatic N) is 1. The third-order valence-electron chi connectivity index (χ3n) is 5.12. The van der Waals surface area contributed by atoms with Gasteiger partial charge in [0, 0.05) is 34.7 Å². The van der Waals surface area contributed by atoms with E-state index >= 15 is 0 Å². The number of hydrogen-bond donors (Lipinski definition) is 3. The molecular formula is C25H17N3O4. The zero-order valence-electron chi connectivity index (χ0n) is 16.7. The maximum absolute atomic E-state index is 12.5. The minimum absolute atomic E-state index is 0.173. The highest BCUT2D eigenvalue weighted by molar-refractivity contribution is 6.34. The van der Waals surface area contributed by atoms with Gasteiger partial charge in [-0.2, -0.15) is 0 Å². The highest BCUT2D eigenvalue weighted by Crippen LogP contribution is 2.37. The zero-order valence-corrected chi connectivity index (χ0v) is 16.7. The first-order valence-corrected chi connectivity index (χ1v) is 9.86. The third-order valence-corrected chi connectivity index (χ3v) is 5.12. The second-order valence-electron chi connectivity index (χ2n) is 7.17. The molecule has 1 amide bonds. The van der Waals surface area contributed by atoms with Crippen LogP contribution in [0.15, 0.2) is 85.2 Å². The number of rotatable bonds is 5. The Labute approximate surface area is 183 Å². The fraction of sp³-hybridized carbons (Fsp3) is 0. The lowest BCUT2D eigenvalue weighted by molar-refractivity contribution is -0.110. The molecule has 0 spiro atoms. The van der Waals surface area contributed by atoms with Crippen molar-refractivity contribution in [3.05, 3.63) is 96.3 Å². The van der Waals surface area contributed by atoms with Crippen molar-refractivity contribution in [1.82, 2.24) is 4.98 Å². The lowest BCUT2D eigenvalue weighted by Gasteiger charge is -2.08. The SMILES string of the molecule is O=C1Nc2ccc3ncccc3c2C1=CNc1ccc(Oc2ccc(C(=O)O)cc2)cc1. The number of aromatic nitrogens is 1. The van der Waals surface area contributed by atoms with Gasteiger partial charge in [0.2, 0.25) is 0 Å². The molecule has 0 unspecified atom stereocenters. The first-order chi connectivity index (χ1) is 15.6. The second kappa shape index (κ2) is 7.88. The lowest BCUT2D eigenvalue weighted by Crippen LogP contribution is -2.05. The molecule has 0 saturated carbocycles. The largest absolute Gasteiger partial charge is 0.478 e. The van der Waals surface area contributed by atoms with Gasteiger partial charge in [-0.1, -0.05) is 6.07 Å². The number of carbonyl (C=O) groups excluding carboxylic acids is 1. The number of nitrogens with one attached hydrogen (secondary N) is 2. The topological polar surface area (TPSA) is 101 Å². The molecule has 0 saturated heterocycles. The van der Waals surface area contributed by atoms with Crippen LogP contribution in [0.1, 0.15) is 15.9 Å². The molecule has 1 aliphatic rings.